The number of carbonyl (C=O) groups is 1. The molecule has 4 heteroatoms. The van der Waals surface area contributed by atoms with Gasteiger partial charge < -0.3 is 4.74 Å². The molecule has 2 aliphatic rings. The van der Waals surface area contributed by atoms with Gasteiger partial charge in [0.15, 0.2) is 0 Å². The molecular weight excluding hydrogens is 211 g/mol. The molecule has 0 amide bonds. The number of hydrogen-bond donors (Lipinski definition) is 0. The van der Waals surface area contributed by atoms with Crippen molar-refractivity contribution in [3.63, 3.8) is 0 Å². The van der Waals surface area contributed by atoms with Crippen molar-refractivity contribution < 1.29 is 9.53 Å². The maximum atomic E-state index is 11.3. The summed E-state index contributed by atoms with van der Waals surface area (Å²) in [6.07, 6.45) is 5.18. The Balaban J connectivity index is 2.20. The van der Waals surface area contributed by atoms with Crippen LogP contribution >= 0.6 is 23.2 Å². The standard InChI is InChI=1S/C9H12Cl2O2/c10-9(11)6-4-2-1-3-5-7(6)13-8(9)12/h6-7H,1-5H2/t6-,7+/m0/s1. The molecule has 0 aromatic heterocycles. The first-order valence-corrected chi connectivity index (χ1v) is 5.47. The van der Waals surface area contributed by atoms with Crippen molar-refractivity contribution in [2.24, 2.45) is 5.92 Å². The minimum absolute atomic E-state index is 0.00540. The molecule has 1 heterocycles. The molecule has 0 radical (unpaired) electrons. The molecule has 0 spiro atoms. The lowest BCUT2D eigenvalue weighted by atomic mass is 9.96. The van der Waals surface area contributed by atoms with Gasteiger partial charge in [-0.2, -0.15) is 0 Å². The summed E-state index contributed by atoms with van der Waals surface area (Å²) in [5.74, 6) is -0.446. The minimum atomic E-state index is -1.28. The summed E-state index contributed by atoms with van der Waals surface area (Å²) >= 11 is 11.9. The van der Waals surface area contributed by atoms with Crippen LogP contribution in [0.3, 0.4) is 0 Å². The van der Waals surface area contributed by atoms with Crippen LogP contribution in [0.5, 0.6) is 0 Å². The fourth-order valence-corrected chi connectivity index (χ4v) is 2.79. The van der Waals surface area contributed by atoms with E-state index < -0.39 is 10.3 Å². The van der Waals surface area contributed by atoms with Gasteiger partial charge >= 0.3 is 5.97 Å². The molecule has 1 saturated heterocycles. The van der Waals surface area contributed by atoms with Crippen molar-refractivity contribution in [3.05, 3.63) is 0 Å². The third-order valence-electron chi connectivity index (χ3n) is 2.95. The monoisotopic (exact) mass is 222 g/mol. The van der Waals surface area contributed by atoms with Crippen LogP contribution in [0.4, 0.5) is 0 Å². The minimum Gasteiger partial charge on any atom is -0.460 e. The summed E-state index contributed by atoms with van der Waals surface area (Å²) in [6.45, 7) is 0. The Morgan fingerprint density at radius 1 is 1.23 bits per heavy atom. The molecule has 1 aliphatic heterocycles. The summed E-state index contributed by atoms with van der Waals surface area (Å²) in [6, 6.07) is 0. The largest absolute Gasteiger partial charge is 0.460 e. The zero-order chi connectivity index (χ0) is 9.47. The van der Waals surface area contributed by atoms with Crippen molar-refractivity contribution in [3.8, 4) is 0 Å². The van der Waals surface area contributed by atoms with Gasteiger partial charge in [-0.15, -0.1) is 0 Å². The van der Waals surface area contributed by atoms with E-state index in [9.17, 15) is 4.79 Å². The Bertz CT molecular complexity index is 228. The van der Waals surface area contributed by atoms with Crippen LogP contribution in [0.1, 0.15) is 32.1 Å². The third-order valence-corrected chi connectivity index (χ3v) is 3.82. The number of halogens is 2. The van der Waals surface area contributed by atoms with E-state index in [2.05, 4.69) is 0 Å². The molecule has 2 fully saturated rings. The van der Waals surface area contributed by atoms with Crippen LogP contribution in [0.25, 0.3) is 0 Å². The van der Waals surface area contributed by atoms with Gasteiger partial charge in [0, 0.05) is 5.92 Å². The lowest BCUT2D eigenvalue weighted by molar-refractivity contribution is -0.142. The van der Waals surface area contributed by atoms with Gasteiger partial charge in [0.2, 0.25) is 4.33 Å². The van der Waals surface area contributed by atoms with E-state index in [0.29, 0.717) is 0 Å². The van der Waals surface area contributed by atoms with Crippen LogP contribution in [0.2, 0.25) is 0 Å². The third kappa shape index (κ3) is 1.55. The van der Waals surface area contributed by atoms with Crippen molar-refractivity contribution in [1.29, 1.82) is 0 Å². The molecular formula is C9H12Cl2O2. The van der Waals surface area contributed by atoms with Crippen molar-refractivity contribution in [2.75, 3.05) is 0 Å². The van der Waals surface area contributed by atoms with Crippen LogP contribution < -0.4 is 0 Å². The maximum Gasteiger partial charge on any atom is 0.343 e. The van der Waals surface area contributed by atoms with Crippen molar-refractivity contribution in [2.45, 2.75) is 42.5 Å². The Labute approximate surface area is 87.5 Å². The Kier molecular flexibility index (Phi) is 2.45. The quantitative estimate of drug-likeness (QED) is 0.466. The van der Waals surface area contributed by atoms with Crippen LogP contribution in [0.15, 0.2) is 0 Å². The van der Waals surface area contributed by atoms with E-state index in [-0.39, 0.29) is 12.0 Å². The van der Waals surface area contributed by atoms with E-state index in [1.807, 2.05) is 0 Å². The lowest BCUT2D eigenvalue weighted by Crippen LogP contribution is -2.29. The van der Waals surface area contributed by atoms with Crippen LogP contribution in [-0.4, -0.2) is 16.4 Å². The van der Waals surface area contributed by atoms with E-state index in [4.69, 9.17) is 27.9 Å². The van der Waals surface area contributed by atoms with Gasteiger partial charge in [-0.1, -0.05) is 36.0 Å². The normalized spacial score (nSPS) is 37.8. The highest BCUT2D eigenvalue weighted by molar-refractivity contribution is 6.58. The van der Waals surface area contributed by atoms with Gasteiger partial charge in [-0.25, -0.2) is 4.79 Å². The van der Waals surface area contributed by atoms with E-state index in [1.54, 1.807) is 0 Å². The summed E-state index contributed by atoms with van der Waals surface area (Å²) in [5, 5.41) is 0. The maximum absolute atomic E-state index is 11.3. The highest BCUT2D eigenvalue weighted by atomic mass is 35.5. The molecule has 2 atom stereocenters. The Morgan fingerprint density at radius 2 is 1.92 bits per heavy atom. The first kappa shape index (κ1) is 9.60. The predicted octanol–water partition coefficient (Wildman–Crippen LogP) is 2.67. The fraction of sp³-hybridized carbons (Fsp3) is 0.889. The van der Waals surface area contributed by atoms with E-state index in [0.717, 1.165) is 25.7 Å². The number of hydrogen-bond acceptors (Lipinski definition) is 2. The number of ether oxygens (including phenoxy) is 1. The second-order valence-electron chi connectivity index (χ2n) is 3.81. The molecule has 13 heavy (non-hydrogen) atoms. The van der Waals surface area contributed by atoms with Gasteiger partial charge in [0.25, 0.3) is 0 Å². The molecule has 1 aliphatic carbocycles. The zero-order valence-corrected chi connectivity index (χ0v) is 8.77. The molecule has 0 N–H and O–H groups in total. The molecule has 1 saturated carbocycles. The molecule has 2 rings (SSSR count). The summed E-state index contributed by atoms with van der Waals surface area (Å²) in [5.41, 5.74) is 0. The molecule has 0 aromatic carbocycles. The number of esters is 1. The van der Waals surface area contributed by atoms with Crippen LogP contribution in [-0.2, 0) is 9.53 Å². The van der Waals surface area contributed by atoms with E-state index >= 15 is 0 Å². The first-order chi connectivity index (χ1) is 6.12. The SMILES string of the molecule is O=C1O[C@@H]2CCCCC[C@@H]2C1(Cl)Cl. The fourth-order valence-electron chi connectivity index (χ4n) is 2.20. The summed E-state index contributed by atoms with van der Waals surface area (Å²) in [4.78, 5) is 11.3. The number of rotatable bonds is 0. The first-order valence-electron chi connectivity index (χ1n) is 4.71. The van der Waals surface area contributed by atoms with Crippen molar-refractivity contribution in [1.82, 2.24) is 0 Å². The molecule has 0 bridgehead atoms. The molecule has 74 valence electrons. The lowest BCUT2D eigenvalue weighted by Gasteiger charge is -2.18. The van der Waals surface area contributed by atoms with Gasteiger partial charge in [0.1, 0.15) is 6.10 Å². The number of fused-ring (bicyclic) bond motifs is 1. The number of alkyl halides is 2. The average Bonchev–Trinajstić information content (AvgIpc) is 2.31. The number of carbonyl (C=O) groups excluding carboxylic acids is 1. The summed E-state index contributed by atoms with van der Waals surface area (Å²) < 4.78 is 3.87. The second kappa shape index (κ2) is 3.32. The van der Waals surface area contributed by atoms with Crippen LogP contribution in [0, 0.1) is 5.92 Å². The summed E-state index contributed by atoms with van der Waals surface area (Å²) in [7, 11) is 0. The van der Waals surface area contributed by atoms with Gasteiger partial charge in [-0.05, 0) is 19.3 Å². The zero-order valence-electron chi connectivity index (χ0n) is 7.26. The van der Waals surface area contributed by atoms with Gasteiger partial charge in [0.05, 0.1) is 0 Å². The molecule has 2 nitrogen and oxygen atoms in total. The highest BCUT2D eigenvalue weighted by Gasteiger charge is 2.55. The highest BCUT2D eigenvalue weighted by Crippen LogP contribution is 2.46. The average molecular weight is 223 g/mol. The Hall–Kier alpha value is 0.0500. The molecule has 0 unspecified atom stereocenters. The predicted molar refractivity (Wildman–Crippen MR) is 50.9 cm³/mol. The Morgan fingerprint density at radius 3 is 2.69 bits per heavy atom. The smallest absolute Gasteiger partial charge is 0.343 e. The van der Waals surface area contributed by atoms with E-state index in [1.165, 1.54) is 6.42 Å². The second-order valence-corrected chi connectivity index (χ2v) is 5.20. The molecule has 0 aromatic rings. The topological polar surface area (TPSA) is 26.3 Å². The van der Waals surface area contributed by atoms with Crippen molar-refractivity contribution >= 4 is 29.2 Å². The van der Waals surface area contributed by atoms with Gasteiger partial charge in [-0.3, -0.25) is 0 Å².